The molecule has 0 spiro atoms. The van der Waals surface area contributed by atoms with Crippen LogP contribution in [-0.4, -0.2) is 27.1 Å². The van der Waals surface area contributed by atoms with E-state index in [-0.39, 0.29) is 17.5 Å². The number of rotatable bonds is 6. The Morgan fingerprint density at radius 2 is 2.09 bits per heavy atom. The minimum absolute atomic E-state index is 0.165. The normalized spacial score (nSPS) is 13.3. The number of para-hydroxylation sites is 1. The molecule has 0 aliphatic heterocycles. The third-order valence-electron chi connectivity index (χ3n) is 3.54. The van der Waals surface area contributed by atoms with Crippen molar-refractivity contribution in [2.45, 2.75) is 11.0 Å². The first-order valence-electron chi connectivity index (χ1n) is 7.00. The molecule has 5 nitrogen and oxygen atoms in total. The predicted molar refractivity (Wildman–Crippen MR) is 91.0 cm³/mol. The first kappa shape index (κ1) is 16.1. The number of pyridine rings is 1. The molecule has 7 heteroatoms. The van der Waals surface area contributed by atoms with Crippen molar-refractivity contribution >= 4 is 32.3 Å². The first-order valence-corrected chi connectivity index (χ1v) is 9.43. The van der Waals surface area contributed by atoms with Gasteiger partial charge >= 0.3 is 0 Å². The molecule has 120 valence electrons. The summed E-state index contributed by atoms with van der Waals surface area (Å²) in [6.07, 6.45) is 1.27. The van der Waals surface area contributed by atoms with E-state index in [2.05, 4.69) is 9.71 Å². The Morgan fingerprint density at radius 1 is 1.26 bits per heavy atom. The number of nitrogens with zero attached hydrogens (tertiary/aromatic N) is 1. The summed E-state index contributed by atoms with van der Waals surface area (Å²) >= 11 is 1.55. The molecule has 2 heterocycles. The van der Waals surface area contributed by atoms with Gasteiger partial charge in [0.15, 0.2) is 0 Å². The van der Waals surface area contributed by atoms with Crippen LogP contribution in [0.15, 0.2) is 58.3 Å². The van der Waals surface area contributed by atoms with Crippen LogP contribution in [0.4, 0.5) is 0 Å². The maximum Gasteiger partial charge on any atom is 0.242 e. The molecule has 1 aromatic carbocycles. The molecule has 2 aromatic heterocycles. The lowest BCUT2D eigenvalue weighted by atomic mass is 10.2. The molecule has 0 fully saturated rings. The van der Waals surface area contributed by atoms with Crippen molar-refractivity contribution in [3.8, 4) is 0 Å². The monoisotopic (exact) mass is 348 g/mol. The Balaban J connectivity index is 1.86. The zero-order valence-electron chi connectivity index (χ0n) is 12.5. The molecule has 23 heavy (non-hydrogen) atoms. The summed E-state index contributed by atoms with van der Waals surface area (Å²) in [6, 6.07) is 10.7. The van der Waals surface area contributed by atoms with E-state index < -0.39 is 10.0 Å². The summed E-state index contributed by atoms with van der Waals surface area (Å²) in [4.78, 5) is 4.37. The Morgan fingerprint density at radius 3 is 2.83 bits per heavy atom. The number of methoxy groups -OCH3 is 1. The average molecular weight is 348 g/mol. The number of aromatic nitrogens is 1. The molecule has 0 saturated heterocycles. The number of nitrogens with one attached hydrogen (secondary N) is 1. The molecule has 0 amide bonds. The molecule has 3 rings (SSSR count). The Hall–Kier alpha value is -1.80. The van der Waals surface area contributed by atoms with Crippen LogP contribution in [0.25, 0.3) is 10.9 Å². The lowest BCUT2D eigenvalue weighted by molar-refractivity contribution is 0.107. The molecule has 3 aromatic rings. The number of benzene rings is 1. The highest BCUT2D eigenvalue weighted by Crippen LogP contribution is 2.22. The van der Waals surface area contributed by atoms with E-state index in [1.807, 2.05) is 29.0 Å². The lowest BCUT2D eigenvalue weighted by Gasteiger charge is -2.15. The second kappa shape index (κ2) is 6.76. The van der Waals surface area contributed by atoms with Gasteiger partial charge in [0.2, 0.25) is 10.0 Å². The van der Waals surface area contributed by atoms with Crippen molar-refractivity contribution in [3.05, 3.63) is 58.9 Å². The summed E-state index contributed by atoms with van der Waals surface area (Å²) in [6.45, 7) is 0.165. The van der Waals surface area contributed by atoms with Gasteiger partial charge in [0, 0.05) is 25.2 Å². The van der Waals surface area contributed by atoms with Gasteiger partial charge in [0.1, 0.15) is 4.90 Å². The van der Waals surface area contributed by atoms with Crippen LogP contribution in [0, 0.1) is 0 Å². The number of thiophene rings is 1. The highest BCUT2D eigenvalue weighted by molar-refractivity contribution is 7.89. The second-order valence-electron chi connectivity index (χ2n) is 4.96. The van der Waals surface area contributed by atoms with Gasteiger partial charge in [-0.15, -0.1) is 0 Å². The van der Waals surface area contributed by atoms with Crippen LogP contribution < -0.4 is 4.72 Å². The lowest BCUT2D eigenvalue weighted by Crippen LogP contribution is -2.29. The maximum atomic E-state index is 12.6. The molecular weight excluding hydrogens is 332 g/mol. The minimum Gasteiger partial charge on any atom is -0.375 e. The topological polar surface area (TPSA) is 68.3 Å². The highest BCUT2D eigenvalue weighted by Gasteiger charge is 2.20. The second-order valence-corrected chi connectivity index (χ2v) is 7.48. The molecule has 0 bridgehead atoms. The molecule has 0 aliphatic rings. The van der Waals surface area contributed by atoms with E-state index in [1.165, 1.54) is 0 Å². The van der Waals surface area contributed by atoms with Gasteiger partial charge in [-0.05, 0) is 34.5 Å². The zero-order valence-corrected chi connectivity index (χ0v) is 14.1. The average Bonchev–Trinajstić information content (AvgIpc) is 3.09. The third-order valence-corrected chi connectivity index (χ3v) is 5.70. The molecule has 1 atom stereocenters. The zero-order chi connectivity index (χ0) is 16.3. The summed E-state index contributed by atoms with van der Waals surface area (Å²) in [5.41, 5.74) is 1.42. The smallest absolute Gasteiger partial charge is 0.242 e. The van der Waals surface area contributed by atoms with Crippen LogP contribution in [0.5, 0.6) is 0 Å². The van der Waals surface area contributed by atoms with E-state index in [0.717, 1.165) is 10.9 Å². The Kier molecular flexibility index (Phi) is 4.72. The third kappa shape index (κ3) is 3.42. The van der Waals surface area contributed by atoms with Crippen molar-refractivity contribution in [2.75, 3.05) is 13.7 Å². The van der Waals surface area contributed by atoms with Gasteiger partial charge in [-0.2, -0.15) is 11.3 Å². The fourth-order valence-electron chi connectivity index (χ4n) is 2.35. The van der Waals surface area contributed by atoms with Crippen LogP contribution in [0.1, 0.15) is 11.7 Å². The fraction of sp³-hybridized carbons (Fsp3) is 0.188. The fourth-order valence-corrected chi connectivity index (χ4v) is 4.26. The van der Waals surface area contributed by atoms with Gasteiger partial charge in [-0.25, -0.2) is 13.1 Å². The van der Waals surface area contributed by atoms with Gasteiger partial charge in [-0.3, -0.25) is 4.98 Å². The van der Waals surface area contributed by atoms with Crippen molar-refractivity contribution in [3.63, 3.8) is 0 Å². The van der Waals surface area contributed by atoms with Crippen LogP contribution in [-0.2, 0) is 14.8 Å². The van der Waals surface area contributed by atoms with E-state index >= 15 is 0 Å². The largest absolute Gasteiger partial charge is 0.375 e. The maximum absolute atomic E-state index is 12.6. The predicted octanol–water partition coefficient (Wildman–Crippen LogP) is 2.96. The van der Waals surface area contributed by atoms with Crippen molar-refractivity contribution in [1.29, 1.82) is 0 Å². The van der Waals surface area contributed by atoms with Gasteiger partial charge in [0.05, 0.1) is 11.6 Å². The first-order chi connectivity index (χ1) is 11.1. The number of sulfonamides is 1. The Bertz CT molecular complexity index is 887. The van der Waals surface area contributed by atoms with Gasteiger partial charge < -0.3 is 4.74 Å². The van der Waals surface area contributed by atoms with Gasteiger partial charge in [-0.1, -0.05) is 18.2 Å². The van der Waals surface area contributed by atoms with E-state index in [4.69, 9.17) is 4.74 Å². The van der Waals surface area contributed by atoms with Crippen LogP contribution in [0.2, 0.25) is 0 Å². The van der Waals surface area contributed by atoms with Gasteiger partial charge in [0.25, 0.3) is 0 Å². The molecule has 0 saturated carbocycles. The quantitative estimate of drug-likeness (QED) is 0.744. The molecular formula is C16H16N2O3S2. The van der Waals surface area contributed by atoms with Crippen LogP contribution in [0.3, 0.4) is 0 Å². The Labute approximate surface area is 139 Å². The number of ether oxygens (including phenoxy) is 1. The number of hydrogen-bond donors (Lipinski definition) is 1. The van der Waals surface area contributed by atoms with Crippen molar-refractivity contribution < 1.29 is 13.2 Å². The SMILES string of the molecule is CO[C@@H](CNS(=O)(=O)c1cccc2cccnc12)c1ccsc1. The van der Waals surface area contributed by atoms with Crippen molar-refractivity contribution in [2.24, 2.45) is 0 Å². The minimum atomic E-state index is -3.67. The summed E-state index contributed by atoms with van der Waals surface area (Å²) < 4.78 is 33.3. The summed E-state index contributed by atoms with van der Waals surface area (Å²) in [5, 5.41) is 4.67. The highest BCUT2D eigenvalue weighted by atomic mass is 32.2. The standard InChI is InChI=1S/C16H16N2O3S2/c1-21-14(13-7-9-22-11-13)10-18-23(19,20)15-6-2-4-12-5-3-8-17-16(12)15/h2-9,11,14,18H,10H2,1H3/t14-/m0/s1. The summed E-state index contributed by atoms with van der Waals surface area (Å²) in [7, 11) is -2.11. The van der Waals surface area contributed by atoms with E-state index in [1.54, 1.807) is 42.8 Å². The number of fused-ring (bicyclic) bond motifs is 1. The van der Waals surface area contributed by atoms with E-state index in [9.17, 15) is 8.42 Å². The molecule has 0 unspecified atom stereocenters. The van der Waals surface area contributed by atoms with Crippen LogP contribution >= 0.6 is 11.3 Å². The van der Waals surface area contributed by atoms with E-state index in [0.29, 0.717) is 5.52 Å². The number of hydrogen-bond acceptors (Lipinski definition) is 5. The summed E-state index contributed by atoms with van der Waals surface area (Å²) in [5.74, 6) is 0. The van der Waals surface area contributed by atoms with Crippen molar-refractivity contribution in [1.82, 2.24) is 9.71 Å². The molecule has 0 aliphatic carbocycles. The molecule has 1 N–H and O–H groups in total. The molecule has 0 radical (unpaired) electrons.